The quantitative estimate of drug-likeness (QED) is 0.650. The van der Waals surface area contributed by atoms with Crippen molar-refractivity contribution in [1.82, 2.24) is 14.9 Å². The number of rotatable bonds is 6. The van der Waals surface area contributed by atoms with Gasteiger partial charge in [0.15, 0.2) is 5.82 Å². The number of amides is 1. The molecule has 3 rings (SSSR count). The molecule has 0 aliphatic rings. The van der Waals surface area contributed by atoms with Gasteiger partial charge >= 0.3 is 12.5 Å². The fourth-order valence-corrected chi connectivity index (χ4v) is 2.59. The number of nitrogens with zero attached hydrogens (tertiary/aromatic N) is 2. The highest BCUT2D eigenvalue weighted by Gasteiger charge is 2.18. The fraction of sp³-hybridized carbons (Fsp3) is 0.167. The van der Waals surface area contributed by atoms with Crippen molar-refractivity contribution in [3.8, 4) is 0 Å². The number of carbonyl (C=O) groups is 2. The molecule has 6 nitrogen and oxygen atoms in total. The number of ether oxygens (including phenoxy) is 1. The number of nitrogens with one attached hydrogen (secondary N) is 1. The Morgan fingerprint density at radius 3 is 2.56 bits per heavy atom. The summed E-state index contributed by atoms with van der Waals surface area (Å²) in [5.41, 5.74) is 0.946. The predicted octanol–water partition coefficient (Wildman–Crippen LogP) is 3.56. The van der Waals surface area contributed by atoms with Gasteiger partial charge in [0.25, 0.3) is 5.91 Å². The monoisotopic (exact) mass is 393 g/mol. The predicted molar refractivity (Wildman–Crippen MR) is 94.6 cm³/mol. The SMILES string of the molecule is O=C(CNC(=O)c1ccc(Cl)cc1)OCc1nc2ccccc2n1C(F)F. The Morgan fingerprint density at radius 1 is 1.15 bits per heavy atom. The van der Waals surface area contributed by atoms with E-state index in [2.05, 4.69) is 10.3 Å². The molecule has 27 heavy (non-hydrogen) atoms. The number of aromatic nitrogens is 2. The van der Waals surface area contributed by atoms with E-state index in [1.807, 2.05) is 0 Å². The summed E-state index contributed by atoms with van der Waals surface area (Å²) in [6, 6.07) is 12.5. The largest absolute Gasteiger partial charge is 0.456 e. The molecule has 9 heteroatoms. The Balaban J connectivity index is 1.59. The van der Waals surface area contributed by atoms with Gasteiger partial charge in [0.1, 0.15) is 13.2 Å². The third-order valence-electron chi connectivity index (χ3n) is 3.73. The molecule has 0 aliphatic carbocycles. The highest BCUT2D eigenvalue weighted by atomic mass is 35.5. The molecule has 3 aromatic rings. The number of imidazole rings is 1. The maximum atomic E-state index is 13.3. The first-order chi connectivity index (χ1) is 13.0. The van der Waals surface area contributed by atoms with Gasteiger partial charge in [-0.1, -0.05) is 23.7 Å². The molecule has 0 saturated carbocycles. The summed E-state index contributed by atoms with van der Waals surface area (Å²) in [6.07, 6.45) is 0. The molecule has 140 valence electrons. The molecule has 2 aromatic carbocycles. The van der Waals surface area contributed by atoms with Gasteiger partial charge in [-0.25, -0.2) is 4.98 Å². The van der Waals surface area contributed by atoms with Crippen molar-refractivity contribution in [3.63, 3.8) is 0 Å². The summed E-state index contributed by atoms with van der Waals surface area (Å²) in [5.74, 6) is -1.34. The van der Waals surface area contributed by atoms with Crippen LogP contribution < -0.4 is 5.32 Å². The summed E-state index contributed by atoms with van der Waals surface area (Å²) < 4.78 is 32.3. The first-order valence-electron chi connectivity index (χ1n) is 7.89. The van der Waals surface area contributed by atoms with Crippen molar-refractivity contribution in [3.05, 3.63) is 64.9 Å². The van der Waals surface area contributed by atoms with E-state index in [1.54, 1.807) is 30.3 Å². The van der Waals surface area contributed by atoms with Gasteiger partial charge in [-0.2, -0.15) is 8.78 Å². The van der Waals surface area contributed by atoms with E-state index in [0.29, 0.717) is 20.7 Å². The minimum Gasteiger partial charge on any atom is -0.456 e. The Hall–Kier alpha value is -3.00. The third-order valence-corrected chi connectivity index (χ3v) is 3.98. The first kappa shape index (κ1) is 18.8. The van der Waals surface area contributed by atoms with Crippen LogP contribution in [-0.2, 0) is 16.1 Å². The van der Waals surface area contributed by atoms with E-state index >= 15 is 0 Å². The zero-order chi connectivity index (χ0) is 19.4. The first-order valence-corrected chi connectivity index (χ1v) is 8.27. The van der Waals surface area contributed by atoms with Crippen molar-refractivity contribution in [2.24, 2.45) is 0 Å². The Morgan fingerprint density at radius 2 is 1.85 bits per heavy atom. The second-order valence-electron chi connectivity index (χ2n) is 5.51. The van der Waals surface area contributed by atoms with E-state index < -0.39 is 31.6 Å². The molecular formula is C18H14ClF2N3O3. The maximum absolute atomic E-state index is 13.3. The van der Waals surface area contributed by atoms with Crippen LogP contribution in [0.1, 0.15) is 22.7 Å². The van der Waals surface area contributed by atoms with Crippen LogP contribution in [0.4, 0.5) is 8.78 Å². The zero-order valence-electron chi connectivity index (χ0n) is 13.9. The molecule has 1 amide bonds. The second-order valence-corrected chi connectivity index (χ2v) is 5.95. The molecule has 0 aliphatic heterocycles. The summed E-state index contributed by atoms with van der Waals surface area (Å²) in [7, 11) is 0. The molecule has 0 spiro atoms. The van der Waals surface area contributed by atoms with E-state index in [4.69, 9.17) is 16.3 Å². The van der Waals surface area contributed by atoms with Crippen molar-refractivity contribution in [1.29, 1.82) is 0 Å². The van der Waals surface area contributed by atoms with E-state index in [9.17, 15) is 18.4 Å². The highest BCUT2D eigenvalue weighted by molar-refractivity contribution is 6.30. The van der Waals surface area contributed by atoms with Crippen LogP contribution in [0, 0.1) is 0 Å². The number of hydrogen-bond donors (Lipinski definition) is 1. The minimum atomic E-state index is -2.82. The number of benzene rings is 2. The van der Waals surface area contributed by atoms with Crippen molar-refractivity contribution in [2.75, 3.05) is 6.54 Å². The van der Waals surface area contributed by atoms with Crippen LogP contribution in [-0.4, -0.2) is 28.0 Å². The topological polar surface area (TPSA) is 73.2 Å². The van der Waals surface area contributed by atoms with E-state index in [-0.39, 0.29) is 11.3 Å². The van der Waals surface area contributed by atoms with Crippen LogP contribution in [0.5, 0.6) is 0 Å². The van der Waals surface area contributed by atoms with Crippen molar-refractivity contribution in [2.45, 2.75) is 13.2 Å². The smallest absolute Gasteiger partial charge is 0.325 e. The molecule has 1 aromatic heterocycles. The summed E-state index contributed by atoms with van der Waals surface area (Å²) in [5, 5.41) is 2.87. The van der Waals surface area contributed by atoms with Gasteiger partial charge < -0.3 is 10.1 Å². The van der Waals surface area contributed by atoms with E-state index in [1.165, 1.54) is 18.2 Å². The lowest BCUT2D eigenvalue weighted by Gasteiger charge is -2.09. The summed E-state index contributed by atoms with van der Waals surface area (Å²) in [6.45, 7) is -3.67. The molecule has 0 saturated heterocycles. The van der Waals surface area contributed by atoms with Gasteiger partial charge in [-0.3, -0.25) is 14.2 Å². The standard InChI is InChI=1S/C18H14ClF2N3O3/c19-12-7-5-11(6-8-12)17(26)22-9-16(25)27-10-15-23-13-3-1-2-4-14(13)24(15)18(20)21/h1-8,18H,9-10H2,(H,22,26). The Bertz CT molecular complexity index is 974. The fourth-order valence-electron chi connectivity index (χ4n) is 2.47. The zero-order valence-corrected chi connectivity index (χ0v) is 14.6. The lowest BCUT2D eigenvalue weighted by molar-refractivity contribution is -0.144. The number of para-hydroxylation sites is 2. The van der Waals surface area contributed by atoms with Crippen molar-refractivity contribution < 1.29 is 23.1 Å². The van der Waals surface area contributed by atoms with Crippen LogP contribution >= 0.6 is 11.6 Å². The average Bonchev–Trinajstić information content (AvgIpc) is 3.03. The third kappa shape index (κ3) is 4.40. The molecule has 0 fully saturated rings. The summed E-state index contributed by atoms with van der Waals surface area (Å²) >= 11 is 5.74. The average molecular weight is 394 g/mol. The van der Waals surface area contributed by atoms with Crippen LogP contribution in [0.2, 0.25) is 5.02 Å². The molecular weight excluding hydrogens is 380 g/mol. The number of halogens is 3. The molecule has 1 N–H and O–H groups in total. The van der Waals surface area contributed by atoms with E-state index in [0.717, 1.165) is 0 Å². The van der Waals surface area contributed by atoms with Gasteiger partial charge in [0.2, 0.25) is 0 Å². The maximum Gasteiger partial charge on any atom is 0.325 e. The minimum absolute atomic E-state index is 0.0800. The Labute approximate surface area is 157 Å². The lowest BCUT2D eigenvalue weighted by Crippen LogP contribution is -2.30. The second kappa shape index (κ2) is 8.13. The lowest BCUT2D eigenvalue weighted by atomic mass is 10.2. The number of fused-ring (bicyclic) bond motifs is 1. The highest BCUT2D eigenvalue weighted by Crippen LogP contribution is 2.23. The van der Waals surface area contributed by atoms with Gasteiger partial charge in [0.05, 0.1) is 11.0 Å². The molecule has 0 unspecified atom stereocenters. The number of alkyl halides is 2. The normalized spacial score (nSPS) is 11.0. The number of carbonyl (C=O) groups excluding carboxylic acids is 2. The van der Waals surface area contributed by atoms with Gasteiger partial charge in [-0.05, 0) is 36.4 Å². The molecule has 1 heterocycles. The summed E-state index contributed by atoms with van der Waals surface area (Å²) in [4.78, 5) is 27.8. The van der Waals surface area contributed by atoms with Crippen LogP contribution in [0.15, 0.2) is 48.5 Å². The Kier molecular flexibility index (Phi) is 5.66. The van der Waals surface area contributed by atoms with Gasteiger partial charge in [0, 0.05) is 10.6 Å². The number of hydrogen-bond acceptors (Lipinski definition) is 4. The van der Waals surface area contributed by atoms with Crippen molar-refractivity contribution >= 4 is 34.5 Å². The van der Waals surface area contributed by atoms with Gasteiger partial charge in [-0.15, -0.1) is 0 Å². The van der Waals surface area contributed by atoms with Crippen LogP contribution in [0.25, 0.3) is 11.0 Å². The molecule has 0 bridgehead atoms. The number of esters is 1. The molecule has 0 atom stereocenters. The molecule has 0 radical (unpaired) electrons. The van der Waals surface area contributed by atoms with Crippen LogP contribution in [0.3, 0.4) is 0 Å².